The van der Waals surface area contributed by atoms with E-state index in [1.165, 1.54) is 12.3 Å². The molecule has 0 radical (unpaired) electrons. The molecule has 2 fully saturated rings. The predicted molar refractivity (Wildman–Crippen MR) is 124 cm³/mol. The van der Waals surface area contributed by atoms with Gasteiger partial charge in [-0.25, -0.2) is 9.18 Å². The van der Waals surface area contributed by atoms with E-state index in [1.807, 2.05) is 16.4 Å². The number of benzene rings is 1. The molecule has 2 aromatic rings. The summed E-state index contributed by atoms with van der Waals surface area (Å²) < 4.78 is 42.9. The number of hydrogen-bond acceptors (Lipinski definition) is 6. The molecule has 11 heteroatoms. The number of nitrogens with zero attached hydrogens (tertiary/aromatic N) is 2. The lowest BCUT2D eigenvalue weighted by atomic mass is 9.79. The maximum atomic E-state index is 15.2. The summed E-state index contributed by atoms with van der Waals surface area (Å²) in [5.41, 5.74) is 6.95. The summed E-state index contributed by atoms with van der Waals surface area (Å²) in [5, 5.41) is 9.54. The van der Waals surface area contributed by atoms with Crippen molar-refractivity contribution in [2.45, 2.75) is 52.1 Å². The molecule has 4 rings (SSSR count). The summed E-state index contributed by atoms with van der Waals surface area (Å²) in [6, 6.07) is 1.42. The zero-order valence-electron chi connectivity index (χ0n) is 19.1. The zero-order valence-corrected chi connectivity index (χ0v) is 19.9. The molecule has 1 saturated heterocycles. The Labute approximate surface area is 191 Å². The molecular formula is C22H30FN3O6S. The molecule has 0 spiro atoms. The SMILES string of the molecule is CS(=O)(=O)O.Cc1c(N2CCC(N)C(C)(C)C2)c(F)cc2c(=O)c(C(=O)O)cn(C3CC3)c12. The third kappa shape index (κ3) is 5.36. The highest BCUT2D eigenvalue weighted by Gasteiger charge is 2.36. The molecular weight excluding hydrogens is 453 g/mol. The van der Waals surface area contributed by atoms with E-state index in [0.29, 0.717) is 36.1 Å². The fourth-order valence-electron chi connectivity index (χ4n) is 4.42. The van der Waals surface area contributed by atoms with E-state index >= 15 is 4.39 Å². The largest absolute Gasteiger partial charge is 0.477 e. The van der Waals surface area contributed by atoms with E-state index < -0.39 is 27.3 Å². The van der Waals surface area contributed by atoms with Crippen LogP contribution in [0.2, 0.25) is 0 Å². The van der Waals surface area contributed by atoms with Crippen LogP contribution in [0.4, 0.5) is 10.1 Å². The molecule has 9 nitrogen and oxygen atoms in total. The van der Waals surface area contributed by atoms with Gasteiger partial charge < -0.3 is 20.3 Å². The van der Waals surface area contributed by atoms with E-state index in [4.69, 9.17) is 10.3 Å². The van der Waals surface area contributed by atoms with Crippen LogP contribution in [0.25, 0.3) is 10.9 Å². The Morgan fingerprint density at radius 3 is 2.33 bits per heavy atom. The highest BCUT2D eigenvalue weighted by atomic mass is 32.2. The molecule has 4 N–H and O–H groups in total. The second kappa shape index (κ2) is 8.69. The Morgan fingerprint density at radius 1 is 1.27 bits per heavy atom. The van der Waals surface area contributed by atoms with Gasteiger partial charge in [0.1, 0.15) is 11.4 Å². The second-order valence-corrected chi connectivity index (χ2v) is 11.0. The lowest BCUT2D eigenvalue weighted by molar-refractivity contribution is 0.0694. The number of carboxylic acids is 1. The number of carbonyl (C=O) groups is 1. The number of halogens is 1. The van der Waals surface area contributed by atoms with Crippen LogP contribution in [0.5, 0.6) is 0 Å². The quantitative estimate of drug-likeness (QED) is 0.565. The van der Waals surface area contributed by atoms with Gasteiger partial charge in [0.2, 0.25) is 5.43 Å². The lowest BCUT2D eigenvalue weighted by Gasteiger charge is -2.44. The van der Waals surface area contributed by atoms with Crippen molar-refractivity contribution in [3.8, 4) is 0 Å². The van der Waals surface area contributed by atoms with Gasteiger partial charge in [0, 0.05) is 36.8 Å². The molecule has 0 bridgehead atoms. The van der Waals surface area contributed by atoms with Gasteiger partial charge >= 0.3 is 5.97 Å². The van der Waals surface area contributed by atoms with Gasteiger partial charge in [-0.15, -0.1) is 0 Å². The van der Waals surface area contributed by atoms with Crippen LogP contribution in [0.1, 0.15) is 55.1 Å². The standard InChI is InChI=1S/C21H26FN3O3.CH4O3S/c1-11-17-13(19(26)14(20(27)28)9-25(17)12-4-5-12)8-15(22)18(11)24-7-6-16(23)21(2,3)10-24;1-5(2,3)4/h8-9,12,16H,4-7,10,23H2,1-3H3,(H,27,28);1H3,(H,2,3,4). The van der Waals surface area contributed by atoms with Crippen molar-refractivity contribution in [2.24, 2.45) is 11.1 Å². The minimum absolute atomic E-state index is 0.0512. The Hall–Kier alpha value is -2.50. The van der Waals surface area contributed by atoms with E-state index in [2.05, 4.69) is 13.8 Å². The van der Waals surface area contributed by atoms with Crippen LogP contribution in [0.15, 0.2) is 17.1 Å². The summed E-state index contributed by atoms with van der Waals surface area (Å²) in [5.74, 6) is -1.77. The van der Waals surface area contributed by atoms with E-state index in [1.54, 1.807) is 0 Å². The first kappa shape index (κ1) is 25.1. The Kier molecular flexibility index (Phi) is 6.62. The maximum Gasteiger partial charge on any atom is 0.341 e. The Bertz CT molecular complexity index is 1260. The van der Waals surface area contributed by atoms with Gasteiger partial charge in [-0.05, 0) is 43.2 Å². The van der Waals surface area contributed by atoms with Crippen LogP contribution >= 0.6 is 0 Å². The maximum absolute atomic E-state index is 15.2. The Morgan fingerprint density at radius 2 is 1.85 bits per heavy atom. The summed E-state index contributed by atoms with van der Waals surface area (Å²) in [7, 11) is -3.67. The first-order chi connectivity index (χ1) is 15.1. The van der Waals surface area contributed by atoms with Crippen molar-refractivity contribution in [1.29, 1.82) is 0 Å². The number of aromatic carboxylic acids is 1. The van der Waals surface area contributed by atoms with Crippen molar-refractivity contribution in [1.82, 2.24) is 4.57 Å². The number of pyridine rings is 1. The van der Waals surface area contributed by atoms with Crippen molar-refractivity contribution in [3.05, 3.63) is 39.4 Å². The number of rotatable bonds is 3. The third-order valence-corrected chi connectivity index (χ3v) is 6.28. The van der Waals surface area contributed by atoms with Crippen LogP contribution in [-0.4, -0.2) is 54.0 Å². The summed E-state index contributed by atoms with van der Waals surface area (Å²) >= 11 is 0. The molecule has 33 heavy (non-hydrogen) atoms. The van der Waals surface area contributed by atoms with Gasteiger partial charge in [0.15, 0.2) is 0 Å². The van der Waals surface area contributed by atoms with Crippen LogP contribution < -0.4 is 16.1 Å². The molecule has 1 aromatic heterocycles. The monoisotopic (exact) mass is 483 g/mol. The highest BCUT2D eigenvalue weighted by Crippen LogP contribution is 2.41. The smallest absolute Gasteiger partial charge is 0.341 e. The van der Waals surface area contributed by atoms with Gasteiger partial charge in [0.05, 0.1) is 17.5 Å². The lowest BCUT2D eigenvalue weighted by Crippen LogP contribution is -2.52. The van der Waals surface area contributed by atoms with Crippen molar-refractivity contribution in [3.63, 3.8) is 0 Å². The second-order valence-electron chi connectivity index (χ2n) is 9.58. The topological polar surface area (TPSA) is 143 Å². The summed E-state index contributed by atoms with van der Waals surface area (Å²) in [6.07, 6.45) is 4.75. The molecule has 2 aliphatic rings. The van der Waals surface area contributed by atoms with Gasteiger partial charge in [-0.1, -0.05) is 13.8 Å². The first-order valence-corrected chi connectivity index (χ1v) is 12.5. The summed E-state index contributed by atoms with van der Waals surface area (Å²) in [4.78, 5) is 26.2. The Balaban J connectivity index is 0.000000555. The van der Waals surface area contributed by atoms with Crippen LogP contribution in [0.3, 0.4) is 0 Å². The molecule has 1 aromatic carbocycles. The van der Waals surface area contributed by atoms with Crippen molar-refractivity contribution >= 4 is 32.7 Å². The number of carboxylic acid groups (broad SMARTS) is 1. The fraction of sp³-hybridized carbons (Fsp3) is 0.545. The molecule has 182 valence electrons. The third-order valence-electron chi connectivity index (χ3n) is 6.28. The number of nitrogens with two attached hydrogens (primary N) is 1. The number of fused-ring (bicyclic) bond motifs is 1. The van der Waals surface area contributed by atoms with Crippen LogP contribution in [-0.2, 0) is 10.1 Å². The summed E-state index contributed by atoms with van der Waals surface area (Å²) in [6.45, 7) is 7.25. The number of aryl methyl sites for hydroxylation is 1. The molecule has 0 amide bonds. The van der Waals surface area contributed by atoms with E-state index in [0.717, 1.165) is 19.3 Å². The molecule has 1 unspecified atom stereocenters. The number of hydrogen-bond donors (Lipinski definition) is 3. The van der Waals surface area contributed by atoms with Gasteiger partial charge in [-0.3, -0.25) is 9.35 Å². The predicted octanol–water partition coefficient (Wildman–Crippen LogP) is 2.55. The van der Waals surface area contributed by atoms with Crippen molar-refractivity contribution in [2.75, 3.05) is 24.2 Å². The first-order valence-electron chi connectivity index (χ1n) is 10.7. The molecule has 1 aliphatic heterocycles. The molecule has 1 saturated carbocycles. The van der Waals surface area contributed by atoms with E-state index in [-0.39, 0.29) is 28.4 Å². The van der Waals surface area contributed by atoms with Crippen molar-refractivity contribution < 1.29 is 27.3 Å². The zero-order chi connectivity index (χ0) is 24.9. The highest BCUT2D eigenvalue weighted by molar-refractivity contribution is 7.85. The van der Waals surface area contributed by atoms with Crippen LogP contribution in [0, 0.1) is 18.2 Å². The van der Waals surface area contributed by atoms with Gasteiger partial charge in [-0.2, -0.15) is 8.42 Å². The number of anilines is 1. The minimum Gasteiger partial charge on any atom is -0.477 e. The fourth-order valence-corrected chi connectivity index (χ4v) is 4.42. The molecule has 1 atom stereocenters. The molecule has 1 aliphatic carbocycles. The minimum atomic E-state index is -3.67. The molecule has 2 heterocycles. The van der Waals surface area contributed by atoms with E-state index in [9.17, 15) is 23.1 Å². The number of piperidine rings is 1. The average Bonchev–Trinajstić information content (AvgIpc) is 3.48. The van der Waals surface area contributed by atoms with Gasteiger partial charge in [0.25, 0.3) is 10.1 Å². The normalized spacial score (nSPS) is 20.3. The number of aromatic nitrogens is 1. The average molecular weight is 484 g/mol.